The molecule has 0 bridgehead atoms. The summed E-state index contributed by atoms with van der Waals surface area (Å²) in [7, 11) is 3.14. The lowest BCUT2D eigenvalue weighted by atomic mass is 10.1. The highest BCUT2D eigenvalue weighted by atomic mass is 32.2. The number of carbonyl (C=O) groups excluding carboxylic acids is 1. The van der Waals surface area contributed by atoms with Crippen LogP contribution in [-0.4, -0.2) is 29.3 Å². The standard InChI is InChI=1S/C17H15NO4S2/c1-20-13-7-3-5-11(15(13)21-2)9-14-16(19)18(17(23)24-14)10-12-6-4-8-22-12/h3-9H,10H2,1-2H3/b14-9-. The van der Waals surface area contributed by atoms with E-state index in [1.807, 2.05) is 18.2 Å². The lowest BCUT2D eigenvalue weighted by Crippen LogP contribution is -2.27. The van der Waals surface area contributed by atoms with Gasteiger partial charge in [-0.05, 0) is 24.3 Å². The molecular formula is C17H15NO4S2. The van der Waals surface area contributed by atoms with E-state index in [1.54, 1.807) is 38.7 Å². The van der Waals surface area contributed by atoms with E-state index in [1.165, 1.54) is 16.7 Å². The van der Waals surface area contributed by atoms with Gasteiger partial charge in [0.15, 0.2) is 11.5 Å². The highest BCUT2D eigenvalue weighted by Gasteiger charge is 2.32. The first kappa shape index (κ1) is 16.6. The maximum Gasteiger partial charge on any atom is 0.266 e. The highest BCUT2D eigenvalue weighted by molar-refractivity contribution is 8.26. The minimum absolute atomic E-state index is 0.147. The summed E-state index contributed by atoms with van der Waals surface area (Å²) in [5, 5.41) is 0. The number of hydrogen-bond donors (Lipinski definition) is 0. The highest BCUT2D eigenvalue weighted by Crippen LogP contribution is 2.37. The summed E-state index contributed by atoms with van der Waals surface area (Å²) in [4.78, 5) is 14.7. The molecule has 5 nitrogen and oxygen atoms in total. The topological polar surface area (TPSA) is 51.9 Å². The first-order valence-corrected chi connectivity index (χ1v) is 8.35. The Morgan fingerprint density at radius 3 is 2.75 bits per heavy atom. The normalized spacial score (nSPS) is 16.1. The number of rotatable bonds is 5. The minimum atomic E-state index is -0.147. The zero-order chi connectivity index (χ0) is 17.1. The molecule has 124 valence electrons. The van der Waals surface area contributed by atoms with Crippen LogP contribution in [0.3, 0.4) is 0 Å². The largest absolute Gasteiger partial charge is 0.493 e. The van der Waals surface area contributed by atoms with Gasteiger partial charge < -0.3 is 13.9 Å². The number of thiocarbonyl (C=S) groups is 1. The van der Waals surface area contributed by atoms with Gasteiger partial charge in [0.1, 0.15) is 10.1 Å². The molecule has 1 fully saturated rings. The Bertz CT molecular complexity index is 799. The van der Waals surface area contributed by atoms with Gasteiger partial charge >= 0.3 is 0 Å². The number of para-hydroxylation sites is 1. The van der Waals surface area contributed by atoms with Gasteiger partial charge in [-0.2, -0.15) is 0 Å². The van der Waals surface area contributed by atoms with Gasteiger partial charge in [-0.3, -0.25) is 9.69 Å². The van der Waals surface area contributed by atoms with Gasteiger partial charge in [0.2, 0.25) is 0 Å². The van der Waals surface area contributed by atoms with Crippen LogP contribution in [0.1, 0.15) is 11.3 Å². The summed E-state index contributed by atoms with van der Waals surface area (Å²) < 4.78 is 16.5. The predicted octanol–water partition coefficient (Wildman–Crippen LogP) is 3.70. The van der Waals surface area contributed by atoms with Gasteiger partial charge in [0, 0.05) is 5.56 Å². The molecule has 1 aliphatic rings. The van der Waals surface area contributed by atoms with Crippen LogP contribution >= 0.6 is 24.0 Å². The van der Waals surface area contributed by atoms with Crippen molar-refractivity contribution < 1.29 is 18.7 Å². The number of nitrogens with zero attached hydrogens (tertiary/aromatic N) is 1. The van der Waals surface area contributed by atoms with Crippen molar-refractivity contribution in [1.82, 2.24) is 4.90 Å². The quantitative estimate of drug-likeness (QED) is 0.598. The lowest BCUT2D eigenvalue weighted by molar-refractivity contribution is -0.122. The Labute approximate surface area is 149 Å². The molecule has 0 radical (unpaired) electrons. The Hall–Kier alpha value is -2.25. The van der Waals surface area contributed by atoms with E-state index in [4.69, 9.17) is 26.1 Å². The van der Waals surface area contributed by atoms with Crippen LogP contribution in [0.2, 0.25) is 0 Å². The molecule has 0 N–H and O–H groups in total. The van der Waals surface area contributed by atoms with Crippen molar-refractivity contribution in [1.29, 1.82) is 0 Å². The average molecular weight is 361 g/mol. The summed E-state index contributed by atoms with van der Waals surface area (Å²) in [5.74, 6) is 1.73. The first-order valence-electron chi connectivity index (χ1n) is 7.12. The third kappa shape index (κ3) is 3.18. The van der Waals surface area contributed by atoms with Gasteiger partial charge in [0.05, 0.1) is 31.9 Å². The van der Waals surface area contributed by atoms with Crippen LogP contribution < -0.4 is 9.47 Å². The molecule has 1 amide bonds. The fraction of sp³-hybridized carbons (Fsp3) is 0.176. The summed E-state index contributed by atoms with van der Waals surface area (Å²) in [5.41, 5.74) is 0.760. The zero-order valence-corrected chi connectivity index (χ0v) is 14.8. The second kappa shape index (κ2) is 7.11. The third-order valence-corrected chi connectivity index (χ3v) is 4.87. The minimum Gasteiger partial charge on any atom is -0.493 e. The van der Waals surface area contributed by atoms with E-state index in [9.17, 15) is 4.79 Å². The molecule has 1 aliphatic heterocycles. The summed E-state index contributed by atoms with van der Waals surface area (Å²) in [6.07, 6.45) is 3.34. The summed E-state index contributed by atoms with van der Waals surface area (Å²) in [6, 6.07) is 9.10. The second-order valence-corrected chi connectivity index (χ2v) is 6.61. The van der Waals surface area contributed by atoms with E-state index < -0.39 is 0 Å². The zero-order valence-electron chi connectivity index (χ0n) is 13.1. The second-order valence-electron chi connectivity index (χ2n) is 4.93. The predicted molar refractivity (Wildman–Crippen MR) is 97.0 cm³/mol. The van der Waals surface area contributed by atoms with Crippen LogP contribution in [0.5, 0.6) is 11.5 Å². The number of thioether (sulfide) groups is 1. The Morgan fingerprint density at radius 2 is 2.08 bits per heavy atom. The number of furan rings is 1. The first-order chi connectivity index (χ1) is 11.6. The number of hydrogen-bond acceptors (Lipinski definition) is 6. The molecule has 2 aromatic rings. The SMILES string of the molecule is COc1cccc(/C=C2\SC(=S)N(Cc3ccco3)C2=O)c1OC. The third-order valence-electron chi connectivity index (χ3n) is 3.49. The number of benzene rings is 1. The van der Waals surface area contributed by atoms with Crippen molar-refractivity contribution in [2.24, 2.45) is 0 Å². The lowest BCUT2D eigenvalue weighted by Gasteiger charge is -2.12. The molecule has 1 aromatic carbocycles. The van der Waals surface area contributed by atoms with E-state index in [-0.39, 0.29) is 5.91 Å². The Balaban J connectivity index is 1.89. The van der Waals surface area contributed by atoms with E-state index >= 15 is 0 Å². The molecule has 2 heterocycles. The molecule has 0 atom stereocenters. The van der Waals surface area contributed by atoms with Crippen molar-refractivity contribution >= 4 is 40.3 Å². The van der Waals surface area contributed by atoms with E-state index in [0.29, 0.717) is 33.0 Å². The molecule has 0 spiro atoms. The molecule has 0 saturated carbocycles. The molecule has 1 saturated heterocycles. The summed E-state index contributed by atoms with van der Waals surface area (Å²) >= 11 is 6.59. The smallest absolute Gasteiger partial charge is 0.266 e. The molecule has 7 heteroatoms. The van der Waals surface area contributed by atoms with Gasteiger partial charge in [0.25, 0.3) is 5.91 Å². The fourth-order valence-corrected chi connectivity index (χ4v) is 3.61. The summed E-state index contributed by atoms with van der Waals surface area (Å²) in [6.45, 7) is 0.324. The van der Waals surface area contributed by atoms with Crippen LogP contribution in [0.25, 0.3) is 6.08 Å². The van der Waals surface area contributed by atoms with Crippen molar-refractivity contribution in [2.45, 2.75) is 6.54 Å². The average Bonchev–Trinajstić information content (AvgIpc) is 3.19. The monoisotopic (exact) mass is 361 g/mol. The van der Waals surface area contributed by atoms with Crippen LogP contribution in [-0.2, 0) is 11.3 Å². The fourth-order valence-electron chi connectivity index (χ4n) is 2.36. The molecular weight excluding hydrogens is 346 g/mol. The van der Waals surface area contributed by atoms with Gasteiger partial charge in [-0.1, -0.05) is 36.1 Å². The number of ether oxygens (including phenoxy) is 2. The molecule has 24 heavy (non-hydrogen) atoms. The van der Waals surface area contributed by atoms with Crippen LogP contribution in [0.15, 0.2) is 45.9 Å². The molecule has 1 aromatic heterocycles. The van der Waals surface area contributed by atoms with E-state index in [2.05, 4.69) is 0 Å². The van der Waals surface area contributed by atoms with Crippen molar-refractivity contribution in [2.75, 3.05) is 14.2 Å². The number of amides is 1. The molecule has 0 unspecified atom stereocenters. The van der Waals surface area contributed by atoms with Gasteiger partial charge in [-0.15, -0.1) is 0 Å². The maximum atomic E-state index is 12.6. The molecule has 3 rings (SSSR count). The maximum absolute atomic E-state index is 12.6. The van der Waals surface area contributed by atoms with Crippen LogP contribution in [0, 0.1) is 0 Å². The van der Waals surface area contributed by atoms with Crippen molar-refractivity contribution in [3.05, 3.63) is 52.8 Å². The molecule has 0 aliphatic carbocycles. The number of methoxy groups -OCH3 is 2. The van der Waals surface area contributed by atoms with E-state index in [0.717, 1.165) is 5.56 Å². The Kier molecular flexibility index (Phi) is 4.92. The van der Waals surface area contributed by atoms with Gasteiger partial charge in [-0.25, -0.2) is 0 Å². The Morgan fingerprint density at radius 1 is 1.25 bits per heavy atom. The number of carbonyl (C=O) groups is 1. The van der Waals surface area contributed by atoms with Crippen molar-refractivity contribution in [3.63, 3.8) is 0 Å². The van der Waals surface area contributed by atoms with Crippen LogP contribution in [0.4, 0.5) is 0 Å². The van der Waals surface area contributed by atoms with Crippen molar-refractivity contribution in [3.8, 4) is 11.5 Å².